The Morgan fingerprint density at radius 2 is 1.81 bits per heavy atom. The topological polar surface area (TPSA) is 0 Å². The van der Waals surface area contributed by atoms with E-state index in [1.54, 1.807) is 11.1 Å². The van der Waals surface area contributed by atoms with Gasteiger partial charge in [-0.15, -0.1) is 0 Å². The van der Waals surface area contributed by atoms with Crippen molar-refractivity contribution < 1.29 is 0 Å². The Kier molecular flexibility index (Phi) is 2.92. The van der Waals surface area contributed by atoms with Gasteiger partial charge in [0.05, 0.1) is 0 Å². The van der Waals surface area contributed by atoms with Crippen LogP contribution in [0, 0.1) is 12.8 Å². The summed E-state index contributed by atoms with van der Waals surface area (Å²) in [5, 5.41) is 0. The molecule has 0 aliphatic heterocycles. The van der Waals surface area contributed by atoms with E-state index >= 15 is 0 Å². The van der Waals surface area contributed by atoms with E-state index in [1.165, 1.54) is 11.1 Å². The van der Waals surface area contributed by atoms with E-state index in [0.717, 1.165) is 0 Å². The Labute approximate surface area is 99.4 Å². The predicted molar refractivity (Wildman–Crippen MR) is 70.9 cm³/mol. The summed E-state index contributed by atoms with van der Waals surface area (Å²) >= 11 is 0. The van der Waals surface area contributed by atoms with Crippen molar-refractivity contribution in [1.82, 2.24) is 0 Å². The lowest BCUT2D eigenvalue weighted by Gasteiger charge is -2.31. The number of benzene rings is 1. The van der Waals surface area contributed by atoms with Crippen LogP contribution in [-0.4, -0.2) is 0 Å². The average Bonchev–Trinajstić information content (AvgIpc) is 2.22. The lowest BCUT2D eigenvalue weighted by Crippen LogP contribution is -2.16. The number of rotatable bonds is 1. The molecular formula is C16H22. The summed E-state index contributed by atoms with van der Waals surface area (Å²) in [5.41, 5.74) is 6.10. The molecule has 0 amide bonds. The van der Waals surface area contributed by atoms with Crippen molar-refractivity contribution in [2.75, 3.05) is 0 Å². The number of fused-ring (bicyclic) bond motifs is 1. The first-order chi connectivity index (χ1) is 7.52. The molecule has 2 unspecified atom stereocenters. The van der Waals surface area contributed by atoms with Crippen LogP contribution in [0.4, 0.5) is 0 Å². The number of aryl methyl sites for hydroxylation is 1. The van der Waals surface area contributed by atoms with Crippen LogP contribution < -0.4 is 0 Å². The molecular weight excluding hydrogens is 192 g/mol. The molecule has 0 heteroatoms. The molecule has 1 aliphatic carbocycles. The van der Waals surface area contributed by atoms with Crippen LogP contribution in [0.5, 0.6) is 0 Å². The summed E-state index contributed by atoms with van der Waals surface area (Å²) in [6.45, 7) is 11.5. The third kappa shape index (κ3) is 1.71. The zero-order valence-electron chi connectivity index (χ0n) is 11.0. The van der Waals surface area contributed by atoms with Gasteiger partial charge < -0.3 is 0 Å². The molecule has 1 aromatic carbocycles. The Balaban J connectivity index is 2.61. The normalized spacial score (nSPS) is 24.2. The lowest BCUT2D eigenvalue weighted by molar-refractivity contribution is 0.555. The van der Waals surface area contributed by atoms with E-state index in [1.807, 2.05) is 0 Å². The minimum absolute atomic E-state index is 0.589. The van der Waals surface area contributed by atoms with Crippen LogP contribution in [0.3, 0.4) is 0 Å². The molecule has 0 nitrogen and oxygen atoms in total. The minimum atomic E-state index is 0.589. The molecule has 16 heavy (non-hydrogen) atoms. The maximum Gasteiger partial charge on any atom is 0.00468 e. The summed E-state index contributed by atoms with van der Waals surface area (Å²) in [6.07, 6.45) is 2.47. The Hall–Kier alpha value is -1.04. The first kappa shape index (κ1) is 11.4. The molecule has 2 rings (SSSR count). The first-order valence-electron chi connectivity index (χ1n) is 6.30. The summed E-state index contributed by atoms with van der Waals surface area (Å²) < 4.78 is 0. The van der Waals surface area contributed by atoms with Gasteiger partial charge in [0.1, 0.15) is 0 Å². The summed E-state index contributed by atoms with van der Waals surface area (Å²) in [5.74, 6) is 1.88. The van der Waals surface area contributed by atoms with Crippen LogP contribution in [0.2, 0.25) is 0 Å². The van der Waals surface area contributed by atoms with Crippen LogP contribution in [0.1, 0.15) is 56.2 Å². The highest BCUT2D eigenvalue weighted by Gasteiger charge is 2.26. The maximum atomic E-state index is 2.47. The van der Waals surface area contributed by atoms with E-state index < -0.39 is 0 Å². The van der Waals surface area contributed by atoms with Crippen molar-refractivity contribution >= 4 is 0 Å². The van der Waals surface area contributed by atoms with Crippen LogP contribution in [0.15, 0.2) is 29.8 Å². The molecule has 0 heterocycles. The van der Waals surface area contributed by atoms with E-state index in [2.05, 4.69) is 58.9 Å². The molecule has 0 N–H and O–H groups in total. The molecule has 0 bridgehead atoms. The number of allylic oxidation sites excluding steroid dienone is 2. The molecule has 0 spiro atoms. The summed E-state index contributed by atoms with van der Waals surface area (Å²) in [4.78, 5) is 0. The Bertz CT molecular complexity index is 424. The number of hydrogen-bond acceptors (Lipinski definition) is 0. The van der Waals surface area contributed by atoms with Gasteiger partial charge >= 0.3 is 0 Å². The van der Waals surface area contributed by atoms with E-state index in [4.69, 9.17) is 0 Å². The first-order valence-corrected chi connectivity index (χ1v) is 6.30. The number of hydrogen-bond donors (Lipinski definition) is 0. The second-order valence-electron chi connectivity index (χ2n) is 5.48. The van der Waals surface area contributed by atoms with Crippen LogP contribution in [0.25, 0.3) is 0 Å². The fourth-order valence-electron chi connectivity index (χ4n) is 2.88. The third-order valence-corrected chi connectivity index (χ3v) is 3.99. The predicted octanol–water partition coefficient (Wildman–Crippen LogP) is 4.80. The molecule has 0 saturated heterocycles. The van der Waals surface area contributed by atoms with Crippen LogP contribution in [-0.2, 0) is 0 Å². The molecule has 0 radical (unpaired) electrons. The van der Waals surface area contributed by atoms with Gasteiger partial charge in [0, 0.05) is 11.8 Å². The Morgan fingerprint density at radius 1 is 1.12 bits per heavy atom. The zero-order chi connectivity index (χ0) is 11.9. The second kappa shape index (κ2) is 4.08. The summed E-state index contributed by atoms with van der Waals surface area (Å²) in [6, 6.07) is 6.75. The SMILES string of the molecule is CC1=CC(C(C)C)c2cccc(C)c2C1C. The Morgan fingerprint density at radius 3 is 2.44 bits per heavy atom. The van der Waals surface area contributed by atoms with Gasteiger partial charge in [-0.05, 0) is 36.5 Å². The third-order valence-electron chi connectivity index (χ3n) is 3.99. The molecule has 0 saturated carbocycles. The smallest absolute Gasteiger partial charge is 0.00468 e. The molecule has 0 fully saturated rings. The van der Waals surface area contributed by atoms with Gasteiger partial charge in [0.15, 0.2) is 0 Å². The van der Waals surface area contributed by atoms with Crippen LogP contribution >= 0.6 is 0 Å². The highest BCUT2D eigenvalue weighted by atomic mass is 14.3. The van der Waals surface area contributed by atoms with Gasteiger partial charge in [-0.2, -0.15) is 0 Å². The van der Waals surface area contributed by atoms with E-state index in [9.17, 15) is 0 Å². The van der Waals surface area contributed by atoms with Crippen molar-refractivity contribution in [1.29, 1.82) is 0 Å². The van der Waals surface area contributed by atoms with Crippen molar-refractivity contribution in [2.24, 2.45) is 5.92 Å². The minimum Gasteiger partial charge on any atom is -0.0772 e. The van der Waals surface area contributed by atoms with Crippen molar-refractivity contribution in [3.8, 4) is 0 Å². The lowest BCUT2D eigenvalue weighted by atomic mass is 9.73. The van der Waals surface area contributed by atoms with Gasteiger partial charge in [-0.3, -0.25) is 0 Å². The second-order valence-corrected chi connectivity index (χ2v) is 5.48. The van der Waals surface area contributed by atoms with E-state index in [-0.39, 0.29) is 0 Å². The molecule has 1 aliphatic rings. The highest BCUT2D eigenvalue weighted by Crippen LogP contribution is 2.42. The maximum absolute atomic E-state index is 2.47. The zero-order valence-corrected chi connectivity index (χ0v) is 11.0. The van der Waals surface area contributed by atoms with Gasteiger partial charge in [-0.1, -0.05) is 50.6 Å². The standard InChI is InChI=1S/C16H22/c1-10(2)15-9-12(4)13(5)16-11(3)7-6-8-14(15)16/h6-10,13,15H,1-5H3. The van der Waals surface area contributed by atoms with Gasteiger partial charge in [0.25, 0.3) is 0 Å². The average molecular weight is 214 g/mol. The molecule has 86 valence electrons. The summed E-state index contributed by atoms with van der Waals surface area (Å²) in [7, 11) is 0. The fraction of sp³-hybridized carbons (Fsp3) is 0.500. The van der Waals surface area contributed by atoms with Crippen molar-refractivity contribution in [3.05, 3.63) is 46.5 Å². The van der Waals surface area contributed by atoms with E-state index in [0.29, 0.717) is 17.8 Å². The van der Waals surface area contributed by atoms with Gasteiger partial charge in [-0.25, -0.2) is 0 Å². The highest BCUT2D eigenvalue weighted by molar-refractivity contribution is 5.48. The largest absolute Gasteiger partial charge is 0.0772 e. The quantitative estimate of drug-likeness (QED) is 0.589. The molecule has 1 aromatic rings. The fourth-order valence-corrected chi connectivity index (χ4v) is 2.88. The van der Waals surface area contributed by atoms with Gasteiger partial charge in [0.2, 0.25) is 0 Å². The van der Waals surface area contributed by atoms with Crippen molar-refractivity contribution in [2.45, 2.75) is 46.5 Å². The monoisotopic (exact) mass is 214 g/mol. The molecule has 0 aromatic heterocycles. The van der Waals surface area contributed by atoms with Crippen molar-refractivity contribution in [3.63, 3.8) is 0 Å². The molecule has 2 atom stereocenters.